The van der Waals surface area contributed by atoms with Crippen LogP contribution in [0.2, 0.25) is 0 Å². The molecule has 5 heteroatoms. The van der Waals surface area contributed by atoms with Crippen LogP contribution in [0.4, 0.5) is 0 Å². The number of hydrogen-bond donors (Lipinski definition) is 2. The van der Waals surface area contributed by atoms with E-state index in [9.17, 15) is 0 Å². The number of para-hydroxylation sites is 1. The number of nitrogens with one attached hydrogen (secondary N) is 1. The number of aryl methyl sites for hydroxylation is 1. The van der Waals surface area contributed by atoms with Crippen LogP contribution < -0.4 is 10.5 Å². The van der Waals surface area contributed by atoms with E-state index in [1.807, 2.05) is 30.3 Å². The molecule has 0 atom stereocenters. The topological polar surface area (TPSA) is 76.8 Å². The van der Waals surface area contributed by atoms with Crippen molar-refractivity contribution < 1.29 is 4.74 Å². The van der Waals surface area contributed by atoms with Crippen LogP contribution >= 0.6 is 0 Å². The minimum Gasteiger partial charge on any atom is -0.493 e. The Morgan fingerprint density at radius 2 is 2.00 bits per heavy atom. The lowest BCUT2D eigenvalue weighted by atomic mass is 10.3. The van der Waals surface area contributed by atoms with E-state index in [1.165, 1.54) is 0 Å². The summed E-state index contributed by atoms with van der Waals surface area (Å²) in [6.45, 7) is 1.26. The van der Waals surface area contributed by atoms with Crippen molar-refractivity contribution in [2.24, 2.45) is 5.73 Å². The predicted molar refractivity (Wildman–Crippen MR) is 69.4 cm³/mol. The molecule has 0 saturated heterocycles. The number of aromatic amines is 1. The van der Waals surface area contributed by atoms with Gasteiger partial charge in [0.05, 0.1) is 6.61 Å². The number of H-pyrrole nitrogens is 1. The van der Waals surface area contributed by atoms with Crippen molar-refractivity contribution >= 4 is 0 Å². The van der Waals surface area contributed by atoms with Crippen LogP contribution in [0.15, 0.2) is 30.3 Å². The second-order valence-electron chi connectivity index (χ2n) is 4.00. The summed E-state index contributed by atoms with van der Waals surface area (Å²) in [7, 11) is 0. The van der Waals surface area contributed by atoms with Crippen molar-refractivity contribution in [2.75, 3.05) is 13.2 Å². The molecule has 2 rings (SSSR count). The SMILES string of the molecule is NCCCc1nc(CCOc2ccccc2)n[nH]1. The fourth-order valence-electron chi connectivity index (χ4n) is 1.60. The molecule has 1 aromatic heterocycles. The molecule has 3 N–H and O–H groups in total. The summed E-state index contributed by atoms with van der Waals surface area (Å²) in [4.78, 5) is 4.38. The van der Waals surface area contributed by atoms with Crippen LogP contribution in [0.1, 0.15) is 18.1 Å². The van der Waals surface area contributed by atoms with Gasteiger partial charge in [-0.15, -0.1) is 0 Å². The molecule has 0 aliphatic heterocycles. The lowest BCUT2D eigenvalue weighted by molar-refractivity contribution is 0.319. The van der Waals surface area contributed by atoms with Gasteiger partial charge in [0.2, 0.25) is 0 Å². The first kappa shape index (κ1) is 12.6. The van der Waals surface area contributed by atoms with Gasteiger partial charge in [-0.1, -0.05) is 18.2 Å². The molecule has 0 unspecified atom stereocenters. The highest BCUT2D eigenvalue weighted by Crippen LogP contribution is 2.08. The van der Waals surface area contributed by atoms with Gasteiger partial charge in [0.1, 0.15) is 11.6 Å². The second-order valence-corrected chi connectivity index (χ2v) is 4.00. The Hall–Kier alpha value is -1.88. The fraction of sp³-hybridized carbons (Fsp3) is 0.385. The van der Waals surface area contributed by atoms with E-state index in [4.69, 9.17) is 10.5 Å². The molecule has 0 aliphatic carbocycles. The van der Waals surface area contributed by atoms with E-state index in [2.05, 4.69) is 15.2 Å². The maximum Gasteiger partial charge on any atom is 0.154 e. The van der Waals surface area contributed by atoms with Gasteiger partial charge < -0.3 is 10.5 Å². The molecule has 2 aromatic rings. The van der Waals surface area contributed by atoms with Crippen molar-refractivity contribution in [3.05, 3.63) is 42.0 Å². The van der Waals surface area contributed by atoms with E-state index >= 15 is 0 Å². The minimum absolute atomic E-state index is 0.582. The summed E-state index contributed by atoms with van der Waals surface area (Å²) in [5, 5.41) is 7.06. The third kappa shape index (κ3) is 3.85. The first-order valence-electron chi connectivity index (χ1n) is 6.16. The first-order valence-corrected chi connectivity index (χ1v) is 6.16. The molecular formula is C13H18N4O. The summed E-state index contributed by atoms with van der Waals surface area (Å²) >= 11 is 0. The number of benzene rings is 1. The Labute approximate surface area is 106 Å². The summed E-state index contributed by atoms with van der Waals surface area (Å²) in [5.74, 6) is 2.56. The van der Waals surface area contributed by atoms with E-state index in [0.29, 0.717) is 19.6 Å². The monoisotopic (exact) mass is 246 g/mol. The number of hydrogen-bond acceptors (Lipinski definition) is 4. The van der Waals surface area contributed by atoms with Crippen molar-refractivity contribution in [1.82, 2.24) is 15.2 Å². The number of rotatable bonds is 7. The molecule has 1 aromatic carbocycles. The molecule has 0 bridgehead atoms. The molecule has 0 amide bonds. The summed E-state index contributed by atoms with van der Waals surface area (Å²) < 4.78 is 5.59. The normalized spacial score (nSPS) is 10.5. The second kappa shape index (κ2) is 6.76. The van der Waals surface area contributed by atoms with Crippen LogP contribution in [0.5, 0.6) is 5.75 Å². The third-order valence-electron chi connectivity index (χ3n) is 2.53. The van der Waals surface area contributed by atoms with Crippen LogP contribution in [-0.4, -0.2) is 28.3 Å². The number of aromatic nitrogens is 3. The van der Waals surface area contributed by atoms with Gasteiger partial charge in [-0.25, -0.2) is 4.98 Å². The summed E-state index contributed by atoms with van der Waals surface area (Å²) in [5.41, 5.74) is 5.45. The zero-order chi connectivity index (χ0) is 12.6. The lowest BCUT2D eigenvalue weighted by Crippen LogP contribution is -2.03. The number of nitrogens with zero attached hydrogens (tertiary/aromatic N) is 2. The number of ether oxygens (including phenoxy) is 1. The molecule has 96 valence electrons. The van der Waals surface area contributed by atoms with E-state index in [-0.39, 0.29) is 0 Å². The van der Waals surface area contributed by atoms with Crippen LogP contribution in [-0.2, 0) is 12.8 Å². The highest BCUT2D eigenvalue weighted by atomic mass is 16.5. The highest BCUT2D eigenvalue weighted by Gasteiger charge is 2.03. The fourth-order valence-corrected chi connectivity index (χ4v) is 1.60. The Morgan fingerprint density at radius 3 is 2.78 bits per heavy atom. The largest absolute Gasteiger partial charge is 0.493 e. The molecule has 0 fully saturated rings. The summed E-state index contributed by atoms with van der Waals surface area (Å²) in [6.07, 6.45) is 2.48. The van der Waals surface area contributed by atoms with Crippen LogP contribution in [0, 0.1) is 0 Å². The van der Waals surface area contributed by atoms with Crippen LogP contribution in [0.25, 0.3) is 0 Å². The van der Waals surface area contributed by atoms with Gasteiger partial charge in [-0.3, -0.25) is 5.10 Å². The van der Waals surface area contributed by atoms with Crippen molar-refractivity contribution in [1.29, 1.82) is 0 Å². The van der Waals surface area contributed by atoms with E-state index in [1.54, 1.807) is 0 Å². The minimum atomic E-state index is 0.582. The zero-order valence-electron chi connectivity index (χ0n) is 10.3. The number of nitrogens with two attached hydrogens (primary N) is 1. The van der Waals surface area contributed by atoms with Crippen molar-refractivity contribution in [3.63, 3.8) is 0 Å². The van der Waals surface area contributed by atoms with Gasteiger partial charge in [0.25, 0.3) is 0 Å². The van der Waals surface area contributed by atoms with Gasteiger partial charge >= 0.3 is 0 Å². The van der Waals surface area contributed by atoms with E-state index < -0.39 is 0 Å². The van der Waals surface area contributed by atoms with Gasteiger partial charge in [0, 0.05) is 12.8 Å². The summed E-state index contributed by atoms with van der Waals surface area (Å²) in [6, 6.07) is 9.74. The maximum atomic E-state index is 5.59. The quantitative estimate of drug-likeness (QED) is 0.772. The maximum absolute atomic E-state index is 5.59. The Kier molecular flexibility index (Phi) is 4.72. The Morgan fingerprint density at radius 1 is 1.17 bits per heavy atom. The molecule has 5 nitrogen and oxygen atoms in total. The van der Waals surface area contributed by atoms with Crippen molar-refractivity contribution in [3.8, 4) is 5.75 Å². The Balaban J connectivity index is 1.75. The third-order valence-corrected chi connectivity index (χ3v) is 2.53. The first-order chi connectivity index (χ1) is 8.88. The highest BCUT2D eigenvalue weighted by molar-refractivity contribution is 5.20. The molecule has 1 heterocycles. The molecule has 0 spiro atoms. The molecule has 0 aliphatic rings. The van der Waals surface area contributed by atoms with Gasteiger partial charge in [-0.05, 0) is 25.1 Å². The average molecular weight is 246 g/mol. The average Bonchev–Trinajstić information content (AvgIpc) is 2.85. The standard InChI is InChI=1S/C13H18N4O/c14-9-4-7-12-15-13(17-16-12)8-10-18-11-5-2-1-3-6-11/h1-3,5-6H,4,7-10,14H2,(H,15,16,17). The lowest BCUT2D eigenvalue weighted by Gasteiger charge is -2.03. The van der Waals surface area contributed by atoms with Gasteiger partial charge in [-0.2, -0.15) is 5.10 Å². The molecule has 0 saturated carbocycles. The molecule has 0 radical (unpaired) electrons. The van der Waals surface area contributed by atoms with E-state index in [0.717, 1.165) is 30.2 Å². The predicted octanol–water partition coefficient (Wildman–Crippen LogP) is 1.32. The smallest absolute Gasteiger partial charge is 0.154 e. The Bertz CT molecular complexity index is 455. The molecule has 18 heavy (non-hydrogen) atoms. The van der Waals surface area contributed by atoms with Gasteiger partial charge in [0.15, 0.2) is 5.82 Å². The van der Waals surface area contributed by atoms with Crippen molar-refractivity contribution in [2.45, 2.75) is 19.3 Å². The zero-order valence-corrected chi connectivity index (χ0v) is 10.3. The molecular weight excluding hydrogens is 228 g/mol. The van der Waals surface area contributed by atoms with Crippen LogP contribution in [0.3, 0.4) is 0 Å².